The van der Waals surface area contributed by atoms with Crippen LogP contribution in [0.2, 0.25) is 0 Å². The van der Waals surface area contributed by atoms with Crippen molar-refractivity contribution < 1.29 is 0 Å². The summed E-state index contributed by atoms with van der Waals surface area (Å²) in [7, 11) is 0. The Labute approximate surface area is 64.5 Å². The molecule has 0 saturated carbocycles. The van der Waals surface area contributed by atoms with Crippen LogP contribution in [0.1, 0.15) is 25.6 Å². The SMILES string of the molecule is CC(C)c1nnc(NN)n1N. The second kappa shape index (κ2) is 2.75. The molecule has 0 aliphatic carbocycles. The van der Waals surface area contributed by atoms with E-state index in [9.17, 15) is 0 Å². The molecule has 5 N–H and O–H groups in total. The predicted molar refractivity (Wildman–Crippen MR) is 42.1 cm³/mol. The van der Waals surface area contributed by atoms with Gasteiger partial charge in [0, 0.05) is 5.92 Å². The van der Waals surface area contributed by atoms with Crippen LogP contribution >= 0.6 is 0 Å². The molecule has 0 unspecified atom stereocenters. The molecule has 0 atom stereocenters. The lowest BCUT2D eigenvalue weighted by Gasteiger charge is -2.03. The number of rotatable bonds is 2. The molecule has 0 amide bonds. The Kier molecular flexibility index (Phi) is 1.95. The van der Waals surface area contributed by atoms with Crippen molar-refractivity contribution in [2.75, 3.05) is 11.3 Å². The Morgan fingerprint density at radius 1 is 1.45 bits per heavy atom. The van der Waals surface area contributed by atoms with Crippen molar-refractivity contribution in [1.82, 2.24) is 14.9 Å². The standard InChI is InChI=1S/C5H12N6/c1-3(2)4-9-10-5(8-6)11(4)7/h3H,6-7H2,1-2H3,(H,8,10). The van der Waals surface area contributed by atoms with Crippen molar-refractivity contribution in [2.45, 2.75) is 19.8 Å². The summed E-state index contributed by atoms with van der Waals surface area (Å²) in [5.74, 6) is 12.0. The van der Waals surface area contributed by atoms with Gasteiger partial charge in [-0.2, -0.15) is 0 Å². The van der Waals surface area contributed by atoms with Crippen LogP contribution in [0.4, 0.5) is 5.95 Å². The first-order valence-corrected chi connectivity index (χ1v) is 3.33. The van der Waals surface area contributed by atoms with Crippen molar-refractivity contribution in [3.8, 4) is 0 Å². The molecule has 1 aromatic rings. The van der Waals surface area contributed by atoms with Gasteiger partial charge in [-0.1, -0.05) is 13.8 Å². The van der Waals surface area contributed by atoms with Crippen molar-refractivity contribution >= 4 is 5.95 Å². The first-order valence-electron chi connectivity index (χ1n) is 3.33. The van der Waals surface area contributed by atoms with Gasteiger partial charge in [-0.3, -0.25) is 5.43 Å². The number of hydrazine groups is 1. The number of aromatic nitrogens is 3. The average molecular weight is 156 g/mol. The van der Waals surface area contributed by atoms with Crippen molar-refractivity contribution in [3.63, 3.8) is 0 Å². The zero-order valence-corrected chi connectivity index (χ0v) is 6.57. The van der Waals surface area contributed by atoms with E-state index in [1.54, 1.807) is 0 Å². The minimum absolute atomic E-state index is 0.245. The Morgan fingerprint density at radius 3 is 2.36 bits per heavy atom. The number of hydrogen-bond acceptors (Lipinski definition) is 5. The first-order chi connectivity index (χ1) is 5.16. The summed E-state index contributed by atoms with van der Waals surface area (Å²) in [4.78, 5) is 0. The smallest absolute Gasteiger partial charge is 0.257 e. The van der Waals surface area contributed by atoms with Gasteiger partial charge in [0.2, 0.25) is 0 Å². The highest BCUT2D eigenvalue weighted by molar-refractivity contribution is 5.24. The third-order valence-electron chi connectivity index (χ3n) is 1.37. The molecule has 6 heteroatoms. The number of anilines is 1. The molecule has 0 aliphatic rings. The molecule has 1 heterocycles. The van der Waals surface area contributed by atoms with Crippen LogP contribution < -0.4 is 17.1 Å². The summed E-state index contributed by atoms with van der Waals surface area (Å²) in [6.07, 6.45) is 0. The number of hydrogen-bond donors (Lipinski definition) is 3. The van der Waals surface area contributed by atoms with Crippen LogP contribution in [-0.2, 0) is 0 Å². The molecule has 0 saturated heterocycles. The largest absolute Gasteiger partial charge is 0.335 e. The molecule has 0 spiro atoms. The summed E-state index contributed by atoms with van der Waals surface area (Å²) >= 11 is 0. The summed E-state index contributed by atoms with van der Waals surface area (Å²) < 4.78 is 1.34. The highest BCUT2D eigenvalue weighted by Gasteiger charge is 2.10. The fourth-order valence-corrected chi connectivity index (χ4v) is 0.796. The minimum Gasteiger partial charge on any atom is -0.335 e. The van der Waals surface area contributed by atoms with E-state index in [0.717, 1.165) is 0 Å². The maximum Gasteiger partial charge on any atom is 0.257 e. The van der Waals surface area contributed by atoms with Crippen molar-refractivity contribution in [1.29, 1.82) is 0 Å². The van der Waals surface area contributed by atoms with Gasteiger partial charge in [0.05, 0.1) is 0 Å². The molecular formula is C5H12N6. The van der Waals surface area contributed by atoms with Gasteiger partial charge in [-0.25, -0.2) is 10.5 Å². The van der Waals surface area contributed by atoms with Gasteiger partial charge in [-0.15, -0.1) is 10.2 Å². The average Bonchev–Trinajstić information content (AvgIpc) is 2.30. The molecule has 6 nitrogen and oxygen atoms in total. The second-order valence-electron chi connectivity index (χ2n) is 2.55. The summed E-state index contributed by atoms with van der Waals surface area (Å²) in [5.41, 5.74) is 2.33. The van der Waals surface area contributed by atoms with Crippen molar-refractivity contribution in [2.24, 2.45) is 5.84 Å². The quantitative estimate of drug-likeness (QED) is 0.392. The van der Waals surface area contributed by atoms with Crippen LogP contribution in [0, 0.1) is 0 Å². The van der Waals surface area contributed by atoms with Gasteiger partial charge in [0.25, 0.3) is 5.95 Å². The summed E-state index contributed by atoms with van der Waals surface area (Å²) in [6, 6.07) is 0. The zero-order valence-electron chi connectivity index (χ0n) is 6.57. The van der Waals surface area contributed by atoms with Crippen LogP contribution in [0.25, 0.3) is 0 Å². The monoisotopic (exact) mass is 156 g/mol. The number of nitrogen functional groups attached to an aromatic ring is 2. The van der Waals surface area contributed by atoms with E-state index >= 15 is 0 Å². The van der Waals surface area contributed by atoms with E-state index in [0.29, 0.717) is 11.8 Å². The van der Waals surface area contributed by atoms with E-state index in [1.165, 1.54) is 4.68 Å². The van der Waals surface area contributed by atoms with Gasteiger partial charge in [0.15, 0.2) is 5.82 Å². The van der Waals surface area contributed by atoms with E-state index in [-0.39, 0.29) is 5.92 Å². The Balaban J connectivity index is 3.00. The molecule has 11 heavy (non-hydrogen) atoms. The highest BCUT2D eigenvalue weighted by Crippen LogP contribution is 2.11. The predicted octanol–water partition coefficient (Wildman–Crippen LogP) is -0.599. The van der Waals surface area contributed by atoms with E-state index < -0.39 is 0 Å². The number of nitrogens with two attached hydrogens (primary N) is 2. The lowest BCUT2D eigenvalue weighted by Crippen LogP contribution is -2.20. The van der Waals surface area contributed by atoms with E-state index in [1.807, 2.05) is 13.8 Å². The normalized spacial score (nSPS) is 10.5. The third kappa shape index (κ3) is 1.25. The van der Waals surface area contributed by atoms with Crippen LogP contribution in [-0.4, -0.2) is 14.9 Å². The molecule has 1 aromatic heterocycles. The molecule has 0 aliphatic heterocycles. The van der Waals surface area contributed by atoms with Crippen molar-refractivity contribution in [3.05, 3.63) is 5.82 Å². The molecule has 0 radical (unpaired) electrons. The Morgan fingerprint density at radius 2 is 2.09 bits per heavy atom. The van der Waals surface area contributed by atoms with E-state index in [2.05, 4.69) is 15.6 Å². The summed E-state index contributed by atoms with van der Waals surface area (Å²) in [5, 5.41) is 7.54. The fourth-order valence-electron chi connectivity index (χ4n) is 0.796. The van der Waals surface area contributed by atoms with E-state index in [4.69, 9.17) is 11.7 Å². The number of nitrogens with one attached hydrogen (secondary N) is 1. The highest BCUT2D eigenvalue weighted by atomic mass is 15.5. The lowest BCUT2D eigenvalue weighted by atomic mass is 10.2. The van der Waals surface area contributed by atoms with Crippen LogP contribution in [0.3, 0.4) is 0 Å². The first kappa shape index (κ1) is 7.80. The summed E-state index contributed by atoms with van der Waals surface area (Å²) in [6.45, 7) is 3.96. The fraction of sp³-hybridized carbons (Fsp3) is 0.600. The van der Waals surface area contributed by atoms with Gasteiger partial charge in [0.1, 0.15) is 0 Å². The van der Waals surface area contributed by atoms with Gasteiger partial charge < -0.3 is 5.84 Å². The molecule has 0 bridgehead atoms. The van der Waals surface area contributed by atoms with Crippen LogP contribution in [0.5, 0.6) is 0 Å². The molecule has 0 fully saturated rings. The zero-order chi connectivity index (χ0) is 8.43. The Hall–Kier alpha value is -1.30. The van der Waals surface area contributed by atoms with Gasteiger partial charge in [-0.05, 0) is 0 Å². The topological polar surface area (TPSA) is 94.8 Å². The van der Waals surface area contributed by atoms with Gasteiger partial charge >= 0.3 is 0 Å². The second-order valence-corrected chi connectivity index (χ2v) is 2.55. The molecule has 62 valence electrons. The van der Waals surface area contributed by atoms with Crippen LogP contribution in [0.15, 0.2) is 0 Å². The molecular weight excluding hydrogens is 144 g/mol. The molecule has 1 rings (SSSR count). The lowest BCUT2D eigenvalue weighted by molar-refractivity contribution is 0.732. The minimum atomic E-state index is 0.245. The third-order valence-corrected chi connectivity index (χ3v) is 1.37. The Bertz CT molecular complexity index is 239. The number of nitrogens with zero attached hydrogens (tertiary/aromatic N) is 3. The molecule has 0 aromatic carbocycles. The maximum absolute atomic E-state index is 5.56. The maximum atomic E-state index is 5.56.